The molecule has 1 aromatic rings. The minimum Gasteiger partial charge on any atom is -0.461 e. The first-order chi connectivity index (χ1) is 12.4. The van der Waals surface area contributed by atoms with Crippen LogP contribution < -0.4 is 11.5 Å². The van der Waals surface area contributed by atoms with Crippen LogP contribution in [0.25, 0.3) is 0 Å². The highest BCUT2D eigenvalue weighted by Crippen LogP contribution is 2.16. The Bertz CT molecular complexity index is 679. The van der Waals surface area contributed by atoms with Gasteiger partial charge in [0.1, 0.15) is 12.6 Å². The van der Waals surface area contributed by atoms with Gasteiger partial charge in [-0.25, -0.2) is 0 Å². The van der Waals surface area contributed by atoms with E-state index in [0.29, 0.717) is 0 Å². The fourth-order valence-electron chi connectivity index (χ4n) is 2.75. The number of nitrogens with two attached hydrogens (primary N) is 2. The van der Waals surface area contributed by atoms with Crippen LogP contribution in [-0.4, -0.2) is 65.7 Å². The van der Waals surface area contributed by atoms with Gasteiger partial charge in [-0.05, 0) is 5.56 Å². The van der Waals surface area contributed by atoms with Gasteiger partial charge < -0.3 is 26.0 Å². The molecule has 26 heavy (non-hydrogen) atoms. The van der Waals surface area contributed by atoms with E-state index in [1.54, 1.807) is 12.1 Å². The van der Waals surface area contributed by atoms with Gasteiger partial charge in [-0.3, -0.25) is 19.2 Å². The number of amides is 3. The Kier molecular flexibility index (Phi) is 6.67. The normalized spacial score (nSPS) is 17.1. The molecule has 4 N–H and O–H groups in total. The highest BCUT2D eigenvalue weighted by atomic mass is 16.5. The Hall–Kier alpha value is -2.94. The van der Waals surface area contributed by atoms with Gasteiger partial charge >= 0.3 is 5.97 Å². The Balaban J connectivity index is 2.04. The van der Waals surface area contributed by atoms with E-state index in [-0.39, 0.29) is 39.2 Å². The van der Waals surface area contributed by atoms with Gasteiger partial charge in [-0.2, -0.15) is 0 Å². The Morgan fingerprint density at radius 3 is 2.46 bits per heavy atom. The number of carbonyl (C=O) groups is 4. The van der Waals surface area contributed by atoms with Crippen molar-refractivity contribution in [2.75, 3.05) is 26.2 Å². The summed E-state index contributed by atoms with van der Waals surface area (Å²) in [5, 5.41) is 0. The van der Waals surface area contributed by atoms with Crippen LogP contribution in [0.2, 0.25) is 0 Å². The van der Waals surface area contributed by atoms with Crippen LogP contribution in [0, 0.1) is 0 Å². The summed E-state index contributed by atoms with van der Waals surface area (Å²) in [5.74, 6) is -2.25. The van der Waals surface area contributed by atoms with Crippen LogP contribution in [0.5, 0.6) is 0 Å². The lowest BCUT2D eigenvalue weighted by Crippen LogP contribution is -2.61. The third-order valence-electron chi connectivity index (χ3n) is 4.03. The number of hydrogen-bond donors (Lipinski definition) is 2. The van der Waals surface area contributed by atoms with Gasteiger partial charge in [0.15, 0.2) is 0 Å². The Labute approximate surface area is 150 Å². The molecule has 0 saturated carbocycles. The summed E-state index contributed by atoms with van der Waals surface area (Å²) < 4.78 is 5.19. The van der Waals surface area contributed by atoms with Crippen LogP contribution in [-0.2, 0) is 30.5 Å². The lowest BCUT2D eigenvalue weighted by Gasteiger charge is -2.39. The van der Waals surface area contributed by atoms with Crippen molar-refractivity contribution in [3.8, 4) is 0 Å². The first-order valence-electron chi connectivity index (χ1n) is 8.18. The zero-order valence-electron chi connectivity index (χ0n) is 14.3. The third kappa shape index (κ3) is 5.03. The standard InChI is InChI=1S/C17H22N4O5/c18-9-15(23)21-7-6-20(10-14(19)22)17(25)13(21)8-16(24)26-11-12-4-2-1-3-5-12/h1-5,13H,6-11,18H2,(H2,19,22)/t13-/m0/s1. The number of rotatable bonds is 7. The molecule has 1 aliphatic rings. The number of primary amides is 1. The summed E-state index contributed by atoms with van der Waals surface area (Å²) in [4.78, 5) is 50.3. The molecule has 1 atom stereocenters. The van der Waals surface area contributed by atoms with E-state index in [9.17, 15) is 19.2 Å². The number of esters is 1. The van der Waals surface area contributed by atoms with E-state index in [1.165, 1.54) is 9.80 Å². The van der Waals surface area contributed by atoms with Crippen molar-refractivity contribution in [1.29, 1.82) is 0 Å². The molecule has 1 saturated heterocycles. The summed E-state index contributed by atoms with van der Waals surface area (Å²) in [6.07, 6.45) is -0.313. The van der Waals surface area contributed by atoms with E-state index in [1.807, 2.05) is 18.2 Å². The molecule has 0 unspecified atom stereocenters. The summed E-state index contributed by atoms with van der Waals surface area (Å²) in [6.45, 7) is -0.150. The largest absolute Gasteiger partial charge is 0.461 e. The summed E-state index contributed by atoms with van der Waals surface area (Å²) in [7, 11) is 0. The molecule has 2 rings (SSSR count). The van der Waals surface area contributed by atoms with Crippen molar-refractivity contribution in [2.24, 2.45) is 11.5 Å². The second kappa shape index (κ2) is 8.95. The van der Waals surface area contributed by atoms with Gasteiger partial charge in [-0.1, -0.05) is 30.3 Å². The van der Waals surface area contributed by atoms with Crippen molar-refractivity contribution < 1.29 is 23.9 Å². The average Bonchev–Trinajstić information content (AvgIpc) is 2.63. The molecule has 1 fully saturated rings. The summed E-state index contributed by atoms with van der Waals surface area (Å²) in [5.41, 5.74) is 11.3. The first kappa shape index (κ1) is 19.4. The maximum Gasteiger partial charge on any atom is 0.308 e. The van der Waals surface area contributed by atoms with Gasteiger partial charge in [0.25, 0.3) is 0 Å². The minimum atomic E-state index is -1.05. The topological polar surface area (TPSA) is 136 Å². The van der Waals surface area contributed by atoms with Crippen molar-refractivity contribution in [1.82, 2.24) is 9.80 Å². The smallest absolute Gasteiger partial charge is 0.308 e. The lowest BCUT2D eigenvalue weighted by molar-refractivity contribution is -0.158. The predicted molar refractivity (Wildman–Crippen MR) is 91.2 cm³/mol. The van der Waals surface area contributed by atoms with Crippen molar-refractivity contribution in [3.63, 3.8) is 0 Å². The van der Waals surface area contributed by atoms with Gasteiger partial charge in [0.2, 0.25) is 17.7 Å². The van der Waals surface area contributed by atoms with Crippen molar-refractivity contribution in [3.05, 3.63) is 35.9 Å². The molecule has 1 aromatic carbocycles. The third-order valence-corrected chi connectivity index (χ3v) is 4.03. The molecule has 1 heterocycles. The molecule has 0 radical (unpaired) electrons. The summed E-state index contributed by atoms with van der Waals surface area (Å²) in [6, 6.07) is 8.03. The number of nitrogens with zero attached hydrogens (tertiary/aromatic N) is 2. The molecule has 0 aromatic heterocycles. The number of ether oxygens (including phenoxy) is 1. The van der Waals surface area contributed by atoms with Crippen LogP contribution in [0.15, 0.2) is 30.3 Å². The molecular weight excluding hydrogens is 340 g/mol. The van der Waals surface area contributed by atoms with E-state index in [2.05, 4.69) is 0 Å². The van der Waals surface area contributed by atoms with Crippen LogP contribution in [0.4, 0.5) is 0 Å². The van der Waals surface area contributed by atoms with Crippen molar-refractivity contribution >= 4 is 23.7 Å². The molecule has 0 bridgehead atoms. The maximum atomic E-state index is 12.6. The molecule has 1 aliphatic heterocycles. The van der Waals surface area contributed by atoms with Crippen molar-refractivity contribution in [2.45, 2.75) is 19.1 Å². The SMILES string of the molecule is NCC(=O)N1CCN(CC(N)=O)C(=O)[C@@H]1CC(=O)OCc1ccccc1. The fourth-order valence-corrected chi connectivity index (χ4v) is 2.75. The number of hydrogen-bond acceptors (Lipinski definition) is 6. The molecule has 0 aliphatic carbocycles. The Morgan fingerprint density at radius 1 is 1.15 bits per heavy atom. The van der Waals surface area contributed by atoms with E-state index >= 15 is 0 Å². The zero-order valence-corrected chi connectivity index (χ0v) is 14.3. The van der Waals surface area contributed by atoms with Gasteiger partial charge in [0, 0.05) is 13.1 Å². The maximum absolute atomic E-state index is 12.6. The Morgan fingerprint density at radius 2 is 1.85 bits per heavy atom. The molecule has 0 spiro atoms. The molecule has 9 nitrogen and oxygen atoms in total. The van der Waals surface area contributed by atoms with E-state index in [4.69, 9.17) is 16.2 Å². The summed E-state index contributed by atoms with van der Waals surface area (Å²) >= 11 is 0. The van der Waals surface area contributed by atoms with Crippen LogP contribution >= 0.6 is 0 Å². The average molecular weight is 362 g/mol. The lowest BCUT2D eigenvalue weighted by atomic mass is 10.1. The first-order valence-corrected chi connectivity index (χ1v) is 8.18. The van der Waals surface area contributed by atoms with Crippen LogP contribution in [0.1, 0.15) is 12.0 Å². The minimum absolute atomic E-state index is 0.0659. The highest BCUT2D eigenvalue weighted by Gasteiger charge is 2.39. The second-order valence-corrected chi connectivity index (χ2v) is 5.88. The predicted octanol–water partition coefficient (Wildman–Crippen LogP) is -1.40. The van der Waals surface area contributed by atoms with Gasteiger partial charge in [0.05, 0.1) is 19.5 Å². The van der Waals surface area contributed by atoms with E-state index in [0.717, 1.165) is 5.56 Å². The molecule has 3 amide bonds. The number of benzene rings is 1. The monoisotopic (exact) mass is 362 g/mol. The quantitative estimate of drug-likeness (QED) is 0.573. The highest BCUT2D eigenvalue weighted by molar-refractivity contribution is 5.94. The van der Waals surface area contributed by atoms with E-state index < -0.39 is 29.7 Å². The zero-order chi connectivity index (χ0) is 19.1. The number of piperazine rings is 1. The van der Waals surface area contributed by atoms with Crippen LogP contribution in [0.3, 0.4) is 0 Å². The molecule has 9 heteroatoms. The second-order valence-electron chi connectivity index (χ2n) is 5.88. The molecular formula is C17H22N4O5. The van der Waals surface area contributed by atoms with Gasteiger partial charge in [-0.15, -0.1) is 0 Å². The fraction of sp³-hybridized carbons (Fsp3) is 0.412. The molecule has 140 valence electrons. The number of carbonyl (C=O) groups excluding carboxylic acids is 4.